The number of rotatable bonds is 6. The minimum absolute atomic E-state index is 0.121. The zero-order valence-electron chi connectivity index (χ0n) is 13.1. The SMILES string of the molecule is COc1ccc(NC(=O)CCc2nnc(-c3ccncc3)o2)cc1. The van der Waals surface area contributed by atoms with Crippen LogP contribution in [0, 0.1) is 0 Å². The molecule has 0 radical (unpaired) electrons. The molecule has 0 atom stereocenters. The third-order valence-electron chi connectivity index (χ3n) is 3.33. The van der Waals surface area contributed by atoms with Crippen LogP contribution in [0.25, 0.3) is 11.5 Å². The Morgan fingerprint density at radius 3 is 2.58 bits per heavy atom. The monoisotopic (exact) mass is 324 g/mol. The molecule has 0 aliphatic heterocycles. The highest BCUT2D eigenvalue weighted by atomic mass is 16.5. The molecule has 7 nitrogen and oxygen atoms in total. The van der Waals surface area contributed by atoms with Gasteiger partial charge in [-0.3, -0.25) is 9.78 Å². The molecule has 3 rings (SSSR count). The lowest BCUT2D eigenvalue weighted by Crippen LogP contribution is -2.12. The summed E-state index contributed by atoms with van der Waals surface area (Å²) >= 11 is 0. The third-order valence-corrected chi connectivity index (χ3v) is 3.33. The first-order valence-electron chi connectivity index (χ1n) is 7.41. The molecule has 3 aromatic rings. The maximum absolute atomic E-state index is 12.0. The Morgan fingerprint density at radius 2 is 1.88 bits per heavy atom. The Bertz CT molecular complexity index is 800. The van der Waals surface area contributed by atoms with Crippen LogP contribution in [0.1, 0.15) is 12.3 Å². The number of methoxy groups -OCH3 is 1. The van der Waals surface area contributed by atoms with Gasteiger partial charge in [-0.2, -0.15) is 0 Å². The molecule has 0 fully saturated rings. The second-order valence-corrected chi connectivity index (χ2v) is 5.01. The fraction of sp³-hybridized carbons (Fsp3) is 0.176. The van der Waals surface area contributed by atoms with Crippen molar-refractivity contribution in [2.24, 2.45) is 0 Å². The van der Waals surface area contributed by atoms with Crippen LogP contribution in [0.3, 0.4) is 0 Å². The van der Waals surface area contributed by atoms with Crippen molar-refractivity contribution in [3.63, 3.8) is 0 Å². The Morgan fingerprint density at radius 1 is 1.12 bits per heavy atom. The zero-order chi connectivity index (χ0) is 16.8. The van der Waals surface area contributed by atoms with Crippen molar-refractivity contribution in [1.82, 2.24) is 15.2 Å². The molecular weight excluding hydrogens is 308 g/mol. The van der Waals surface area contributed by atoms with Gasteiger partial charge in [-0.1, -0.05) is 0 Å². The van der Waals surface area contributed by atoms with Crippen LogP contribution in [-0.2, 0) is 11.2 Å². The summed E-state index contributed by atoms with van der Waals surface area (Å²) in [6, 6.07) is 10.7. The van der Waals surface area contributed by atoms with Gasteiger partial charge in [0, 0.05) is 36.5 Å². The van der Waals surface area contributed by atoms with Gasteiger partial charge in [0.25, 0.3) is 0 Å². The second-order valence-electron chi connectivity index (χ2n) is 5.01. The van der Waals surface area contributed by atoms with Crippen molar-refractivity contribution in [1.29, 1.82) is 0 Å². The van der Waals surface area contributed by atoms with E-state index in [1.807, 2.05) is 0 Å². The molecule has 0 unspecified atom stereocenters. The van der Waals surface area contributed by atoms with E-state index in [0.717, 1.165) is 11.3 Å². The first-order chi connectivity index (χ1) is 11.7. The number of amides is 1. The van der Waals surface area contributed by atoms with Gasteiger partial charge >= 0.3 is 0 Å². The summed E-state index contributed by atoms with van der Waals surface area (Å²) in [5.41, 5.74) is 1.51. The zero-order valence-corrected chi connectivity index (χ0v) is 13.1. The van der Waals surface area contributed by atoms with Crippen LogP contribution < -0.4 is 10.1 Å². The highest BCUT2D eigenvalue weighted by molar-refractivity contribution is 5.90. The van der Waals surface area contributed by atoms with E-state index in [9.17, 15) is 4.79 Å². The largest absolute Gasteiger partial charge is 0.497 e. The fourth-order valence-electron chi connectivity index (χ4n) is 2.08. The molecule has 2 heterocycles. The van der Waals surface area contributed by atoms with Gasteiger partial charge in [-0.05, 0) is 36.4 Å². The topological polar surface area (TPSA) is 90.1 Å². The summed E-state index contributed by atoms with van der Waals surface area (Å²) in [6.07, 6.45) is 3.94. The van der Waals surface area contributed by atoms with E-state index in [1.54, 1.807) is 55.9 Å². The number of nitrogens with one attached hydrogen (secondary N) is 1. The molecule has 122 valence electrons. The molecule has 2 aromatic heterocycles. The molecule has 0 saturated carbocycles. The summed E-state index contributed by atoms with van der Waals surface area (Å²) in [5.74, 6) is 1.46. The van der Waals surface area contributed by atoms with Crippen LogP contribution >= 0.6 is 0 Å². The number of pyridine rings is 1. The quantitative estimate of drug-likeness (QED) is 0.750. The highest BCUT2D eigenvalue weighted by Gasteiger charge is 2.10. The van der Waals surface area contributed by atoms with E-state index in [0.29, 0.717) is 23.9 Å². The first kappa shape index (κ1) is 15.7. The van der Waals surface area contributed by atoms with Crippen molar-refractivity contribution >= 4 is 11.6 Å². The molecule has 0 spiro atoms. The summed E-state index contributed by atoms with van der Waals surface area (Å²) in [5, 5.41) is 10.7. The summed E-state index contributed by atoms with van der Waals surface area (Å²) in [4.78, 5) is 15.9. The summed E-state index contributed by atoms with van der Waals surface area (Å²) < 4.78 is 10.6. The third kappa shape index (κ3) is 3.95. The molecular formula is C17H16N4O3. The number of benzene rings is 1. The van der Waals surface area contributed by atoms with Gasteiger partial charge in [-0.25, -0.2) is 0 Å². The van der Waals surface area contributed by atoms with Crippen molar-refractivity contribution in [2.75, 3.05) is 12.4 Å². The van der Waals surface area contributed by atoms with Crippen molar-refractivity contribution in [2.45, 2.75) is 12.8 Å². The lowest BCUT2D eigenvalue weighted by Gasteiger charge is -2.05. The van der Waals surface area contributed by atoms with Crippen molar-refractivity contribution < 1.29 is 13.9 Å². The number of ether oxygens (including phenoxy) is 1. The van der Waals surface area contributed by atoms with E-state index in [4.69, 9.17) is 9.15 Å². The molecule has 1 N–H and O–H groups in total. The van der Waals surface area contributed by atoms with Crippen LogP contribution in [0.15, 0.2) is 53.2 Å². The predicted octanol–water partition coefficient (Wildman–Crippen LogP) is 2.71. The summed E-state index contributed by atoms with van der Waals surface area (Å²) in [7, 11) is 1.60. The van der Waals surface area contributed by atoms with Gasteiger partial charge in [0.2, 0.25) is 17.7 Å². The smallest absolute Gasteiger partial charge is 0.247 e. The Hall–Kier alpha value is -3.22. The van der Waals surface area contributed by atoms with E-state index in [-0.39, 0.29) is 12.3 Å². The standard InChI is InChI=1S/C17H16N4O3/c1-23-14-4-2-13(3-5-14)19-15(22)6-7-16-20-21-17(24-16)12-8-10-18-11-9-12/h2-5,8-11H,6-7H2,1H3,(H,19,22). The molecule has 0 saturated heterocycles. The molecule has 0 aliphatic carbocycles. The van der Waals surface area contributed by atoms with Crippen molar-refractivity contribution in [3.8, 4) is 17.2 Å². The number of hydrogen-bond donors (Lipinski definition) is 1. The maximum Gasteiger partial charge on any atom is 0.247 e. The first-order valence-corrected chi connectivity index (χ1v) is 7.41. The average Bonchev–Trinajstić information content (AvgIpc) is 3.10. The van der Waals surface area contributed by atoms with Gasteiger partial charge in [0.05, 0.1) is 7.11 Å². The molecule has 7 heteroatoms. The van der Waals surface area contributed by atoms with Gasteiger partial charge in [-0.15, -0.1) is 10.2 Å². The molecule has 0 aliphatic rings. The van der Waals surface area contributed by atoms with Crippen LogP contribution in [0.4, 0.5) is 5.69 Å². The van der Waals surface area contributed by atoms with E-state index >= 15 is 0 Å². The van der Waals surface area contributed by atoms with E-state index in [2.05, 4.69) is 20.5 Å². The number of carbonyl (C=O) groups excluding carboxylic acids is 1. The lowest BCUT2D eigenvalue weighted by atomic mass is 10.2. The number of anilines is 1. The van der Waals surface area contributed by atoms with Gasteiger partial charge in [0.15, 0.2) is 0 Å². The maximum atomic E-state index is 12.0. The minimum Gasteiger partial charge on any atom is -0.497 e. The Labute approximate surface area is 138 Å². The average molecular weight is 324 g/mol. The van der Waals surface area contributed by atoms with Crippen LogP contribution in [0.5, 0.6) is 5.75 Å². The number of carbonyl (C=O) groups is 1. The van der Waals surface area contributed by atoms with E-state index < -0.39 is 0 Å². The second kappa shape index (κ2) is 7.36. The molecule has 1 aromatic carbocycles. The van der Waals surface area contributed by atoms with Crippen LogP contribution in [0.2, 0.25) is 0 Å². The molecule has 1 amide bonds. The number of nitrogens with zero attached hydrogens (tertiary/aromatic N) is 3. The van der Waals surface area contributed by atoms with Gasteiger partial charge < -0.3 is 14.5 Å². The number of hydrogen-bond acceptors (Lipinski definition) is 6. The fourth-order valence-corrected chi connectivity index (χ4v) is 2.08. The van der Waals surface area contributed by atoms with Crippen molar-refractivity contribution in [3.05, 3.63) is 54.7 Å². The number of aromatic nitrogens is 3. The van der Waals surface area contributed by atoms with E-state index in [1.165, 1.54) is 0 Å². The predicted molar refractivity (Wildman–Crippen MR) is 87.5 cm³/mol. The van der Waals surface area contributed by atoms with Gasteiger partial charge in [0.1, 0.15) is 5.75 Å². The molecule has 0 bridgehead atoms. The lowest BCUT2D eigenvalue weighted by molar-refractivity contribution is -0.116. The minimum atomic E-state index is -0.121. The normalized spacial score (nSPS) is 10.4. The summed E-state index contributed by atoms with van der Waals surface area (Å²) in [6.45, 7) is 0. The van der Waals surface area contributed by atoms with Crippen LogP contribution in [-0.4, -0.2) is 28.2 Å². The molecule has 24 heavy (non-hydrogen) atoms. The Balaban J connectivity index is 1.53. The highest BCUT2D eigenvalue weighted by Crippen LogP contribution is 2.18. The Kier molecular flexibility index (Phi) is 4.81. The number of aryl methyl sites for hydroxylation is 1.